The molecule has 1 aromatic carbocycles. The van der Waals surface area contributed by atoms with E-state index in [9.17, 15) is 9.59 Å². The minimum Gasteiger partial charge on any atom is -0.481 e. The van der Waals surface area contributed by atoms with Crippen molar-refractivity contribution in [1.82, 2.24) is 0 Å². The van der Waals surface area contributed by atoms with E-state index < -0.39 is 5.97 Å². The molecule has 1 rings (SSSR count). The quantitative estimate of drug-likeness (QED) is 0.161. The molecule has 0 spiro atoms. The smallest absolute Gasteiger partial charge is 0.310 e. The van der Waals surface area contributed by atoms with Gasteiger partial charge < -0.3 is 9.84 Å². The van der Waals surface area contributed by atoms with Crippen LogP contribution in [0.4, 0.5) is 0 Å². The SMILES string of the molecule is CCCCCCC(CC=CCCCCCCCC(=O)O)OC(=O)Cc1ccccc1. The van der Waals surface area contributed by atoms with Crippen LogP contribution in [0.15, 0.2) is 42.5 Å². The van der Waals surface area contributed by atoms with Crippen LogP contribution in [-0.4, -0.2) is 23.1 Å². The average molecular weight is 417 g/mol. The van der Waals surface area contributed by atoms with E-state index in [0.29, 0.717) is 6.42 Å². The number of esters is 1. The number of carbonyl (C=O) groups excluding carboxylic acids is 1. The largest absolute Gasteiger partial charge is 0.481 e. The van der Waals surface area contributed by atoms with E-state index in [2.05, 4.69) is 19.1 Å². The summed E-state index contributed by atoms with van der Waals surface area (Å²) in [5.74, 6) is -0.844. The molecule has 1 atom stereocenters. The number of aliphatic carboxylic acids is 1. The van der Waals surface area contributed by atoms with Crippen LogP contribution in [0.3, 0.4) is 0 Å². The summed E-state index contributed by atoms with van der Waals surface area (Å²) in [6, 6.07) is 9.75. The normalized spacial score (nSPS) is 12.2. The summed E-state index contributed by atoms with van der Waals surface area (Å²) < 4.78 is 5.79. The number of carboxylic acid groups (broad SMARTS) is 1. The molecule has 0 heterocycles. The molecule has 1 N–H and O–H groups in total. The van der Waals surface area contributed by atoms with Gasteiger partial charge in [0.15, 0.2) is 0 Å². The summed E-state index contributed by atoms with van der Waals surface area (Å²) in [4.78, 5) is 22.8. The van der Waals surface area contributed by atoms with Gasteiger partial charge in [0.25, 0.3) is 0 Å². The molecule has 0 aromatic heterocycles. The maximum absolute atomic E-state index is 12.3. The Balaban J connectivity index is 2.28. The molecule has 168 valence electrons. The Kier molecular flexibility index (Phi) is 15.3. The van der Waals surface area contributed by atoms with Crippen molar-refractivity contribution in [3.05, 3.63) is 48.0 Å². The number of allylic oxidation sites excluding steroid dienone is 1. The van der Waals surface area contributed by atoms with Gasteiger partial charge in [0.1, 0.15) is 6.10 Å². The molecule has 0 amide bonds. The molecule has 1 aromatic rings. The van der Waals surface area contributed by atoms with Crippen LogP contribution < -0.4 is 0 Å². The molecule has 1 unspecified atom stereocenters. The Bertz CT molecular complexity index is 594. The number of hydrogen-bond acceptors (Lipinski definition) is 3. The molecule has 0 radical (unpaired) electrons. The minimum atomic E-state index is -0.702. The first-order valence-electron chi connectivity index (χ1n) is 11.7. The molecule has 0 saturated carbocycles. The van der Waals surface area contributed by atoms with Crippen LogP contribution in [0.25, 0.3) is 0 Å². The second-order valence-corrected chi connectivity index (χ2v) is 8.03. The van der Waals surface area contributed by atoms with Crippen molar-refractivity contribution in [2.75, 3.05) is 0 Å². The van der Waals surface area contributed by atoms with E-state index in [4.69, 9.17) is 9.84 Å². The van der Waals surface area contributed by atoms with Crippen molar-refractivity contribution in [2.24, 2.45) is 0 Å². The Labute approximate surface area is 182 Å². The number of benzene rings is 1. The predicted molar refractivity (Wildman–Crippen MR) is 122 cm³/mol. The highest BCUT2D eigenvalue weighted by Gasteiger charge is 2.13. The number of carbonyl (C=O) groups is 2. The van der Waals surface area contributed by atoms with Crippen molar-refractivity contribution < 1.29 is 19.4 Å². The highest BCUT2D eigenvalue weighted by molar-refractivity contribution is 5.72. The lowest BCUT2D eigenvalue weighted by molar-refractivity contribution is -0.148. The van der Waals surface area contributed by atoms with Crippen LogP contribution in [0.5, 0.6) is 0 Å². The summed E-state index contributed by atoms with van der Waals surface area (Å²) >= 11 is 0. The zero-order valence-electron chi connectivity index (χ0n) is 18.7. The minimum absolute atomic E-state index is 0.0367. The van der Waals surface area contributed by atoms with Gasteiger partial charge in [-0.3, -0.25) is 9.59 Å². The number of unbranched alkanes of at least 4 members (excludes halogenated alkanes) is 8. The molecule has 0 saturated heterocycles. The molecular formula is C26H40O4. The van der Waals surface area contributed by atoms with Crippen LogP contribution in [-0.2, 0) is 20.7 Å². The molecule has 0 aliphatic rings. The van der Waals surface area contributed by atoms with Gasteiger partial charge in [-0.05, 0) is 37.7 Å². The van der Waals surface area contributed by atoms with Gasteiger partial charge >= 0.3 is 11.9 Å². The van der Waals surface area contributed by atoms with E-state index in [-0.39, 0.29) is 18.5 Å². The van der Waals surface area contributed by atoms with Crippen molar-refractivity contribution in [3.8, 4) is 0 Å². The summed E-state index contributed by atoms with van der Waals surface area (Å²) in [5, 5.41) is 8.63. The van der Waals surface area contributed by atoms with E-state index in [0.717, 1.165) is 63.4 Å². The molecule has 30 heavy (non-hydrogen) atoms. The third-order valence-electron chi connectivity index (χ3n) is 5.20. The predicted octanol–water partition coefficient (Wildman–Crippen LogP) is 6.87. The van der Waals surface area contributed by atoms with Crippen LogP contribution in [0.2, 0.25) is 0 Å². The van der Waals surface area contributed by atoms with E-state index >= 15 is 0 Å². The second-order valence-electron chi connectivity index (χ2n) is 8.03. The standard InChI is InChI=1S/C26H40O4/c1-2-3-4-14-19-24(30-26(29)22-23-17-12-11-13-18-23)20-15-9-7-5-6-8-10-16-21-25(27)28/h9,11-13,15,17-18,24H,2-8,10,14,16,19-22H2,1H3,(H,27,28). The highest BCUT2D eigenvalue weighted by atomic mass is 16.5. The van der Waals surface area contributed by atoms with E-state index in [1.807, 2.05) is 30.3 Å². The fourth-order valence-corrected chi connectivity index (χ4v) is 3.45. The monoisotopic (exact) mass is 416 g/mol. The molecular weight excluding hydrogens is 376 g/mol. The second kappa shape index (κ2) is 17.7. The van der Waals surface area contributed by atoms with Crippen LogP contribution in [0.1, 0.15) is 96.0 Å². The molecule has 4 heteroatoms. The fraction of sp³-hybridized carbons (Fsp3) is 0.615. The van der Waals surface area contributed by atoms with Gasteiger partial charge in [-0.2, -0.15) is 0 Å². The number of carboxylic acids is 1. The van der Waals surface area contributed by atoms with Gasteiger partial charge in [0, 0.05) is 12.8 Å². The zero-order valence-corrected chi connectivity index (χ0v) is 18.7. The lowest BCUT2D eigenvalue weighted by Gasteiger charge is -2.16. The number of hydrogen-bond donors (Lipinski definition) is 1. The van der Waals surface area contributed by atoms with Gasteiger partial charge in [0.05, 0.1) is 6.42 Å². The van der Waals surface area contributed by atoms with Gasteiger partial charge in [-0.1, -0.05) is 87.9 Å². The summed E-state index contributed by atoms with van der Waals surface area (Å²) in [6.45, 7) is 2.20. The maximum Gasteiger partial charge on any atom is 0.310 e. The first-order chi connectivity index (χ1) is 14.6. The van der Waals surface area contributed by atoms with Crippen LogP contribution in [0, 0.1) is 0 Å². The van der Waals surface area contributed by atoms with Gasteiger partial charge in [-0.15, -0.1) is 0 Å². The Morgan fingerprint density at radius 1 is 0.933 bits per heavy atom. The lowest BCUT2D eigenvalue weighted by Crippen LogP contribution is -2.19. The maximum atomic E-state index is 12.3. The average Bonchev–Trinajstić information content (AvgIpc) is 2.72. The van der Waals surface area contributed by atoms with Crippen LogP contribution >= 0.6 is 0 Å². The molecule has 0 aliphatic heterocycles. The zero-order chi connectivity index (χ0) is 21.9. The Morgan fingerprint density at radius 2 is 1.63 bits per heavy atom. The highest BCUT2D eigenvalue weighted by Crippen LogP contribution is 2.14. The third kappa shape index (κ3) is 14.8. The summed E-state index contributed by atoms with van der Waals surface area (Å²) in [6.07, 6.45) is 17.5. The first-order valence-corrected chi connectivity index (χ1v) is 11.7. The number of ether oxygens (including phenoxy) is 1. The van der Waals surface area contributed by atoms with E-state index in [1.165, 1.54) is 19.3 Å². The summed E-state index contributed by atoms with van der Waals surface area (Å²) in [7, 11) is 0. The van der Waals surface area contributed by atoms with Crippen molar-refractivity contribution in [3.63, 3.8) is 0 Å². The topological polar surface area (TPSA) is 63.6 Å². The van der Waals surface area contributed by atoms with Crippen molar-refractivity contribution >= 4 is 11.9 Å². The molecule has 4 nitrogen and oxygen atoms in total. The third-order valence-corrected chi connectivity index (χ3v) is 5.20. The fourth-order valence-electron chi connectivity index (χ4n) is 3.45. The summed E-state index contributed by atoms with van der Waals surface area (Å²) in [5.41, 5.74) is 0.992. The number of rotatable bonds is 18. The van der Waals surface area contributed by atoms with Gasteiger partial charge in [0.2, 0.25) is 0 Å². The first kappa shape index (κ1) is 25.9. The van der Waals surface area contributed by atoms with Crippen molar-refractivity contribution in [2.45, 2.75) is 103 Å². The Hall–Kier alpha value is -2.10. The Morgan fingerprint density at radius 3 is 2.37 bits per heavy atom. The molecule has 0 bridgehead atoms. The van der Waals surface area contributed by atoms with E-state index in [1.54, 1.807) is 0 Å². The lowest BCUT2D eigenvalue weighted by atomic mass is 10.1. The molecule has 0 fully saturated rings. The van der Waals surface area contributed by atoms with Crippen molar-refractivity contribution in [1.29, 1.82) is 0 Å². The van der Waals surface area contributed by atoms with Gasteiger partial charge in [-0.25, -0.2) is 0 Å². The molecule has 0 aliphatic carbocycles.